The Morgan fingerprint density at radius 1 is 1.20 bits per heavy atom. The molecule has 1 aliphatic rings. The molecule has 1 N–H and O–H groups in total. The summed E-state index contributed by atoms with van der Waals surface area (Å²) in [6.07, 6.45) is 3.95. The average molecular weight is 271 g/mol. The van der Waals surface area contributed by atoms with E-state index in [9.17, 15) is 0 Å². The van der Waals surface area contributed by atoms with Crippen LogP contribution in [0.25, 0.3) is 11.0 Å². The SMILES string of the molecule is CC1CCC(NCc2nc3ccccc3n2C)CC1C. The first kappa shape index (κ1) is 13.6. The highest BCUT2D eigenvalue weighted by atomic mass is 15.1. The number of aromatic nitrogens is 2. The molecule has 0 saturated heterocycles. The number of aryl methyl sites for hydroxylation is 1. The smallest absolute Gasteiger partial charge is 0.123 e. The van der Waals surface area contributed by atoms with Crippen molar-refractivity contribution in [2.45, 2.75) is 45.7 Å². The molecule has 3 heteroatoms. The molecule has 2 aromatic rings. The van der Waals surface area contributed by atoms with E-state index in [1.54, 1.807) is 0 Å². The lowest BCUT2D eigenvalue weighted by molar-refractivity contribution is 0.224. The van der Waals surface area contributed by atoms with Crippen LogP contribution in [0.4, 0.5) is 0 Å². The van der Waals surface area contributed by atoms with Crippen LogP contribution < -0.4 is 5.32 Å². The highest BCUT2D eigenvalue weighted by Gasteiger charge is 2.24. The fraction of sp³-hybridized carbons (Fsp3) is 0.588. The maximum absolute atomic E-state index is 4.73. The molecule has 1 heterocycles. The van der Waals surface area contributed by atoms with E-state index >= 15 is 0 Å². The van der Waals surface area contributed by atoms with E-state index in [0.717, 1.165) is 29.7 Å². The summed E-state index contributed by atoms with van der Waals surface area (Å²) in [4.78, 5) is 4.73. The molecule has 20 heavy (non-hydrogen) atoms. The minimum atomic E-state index is 0.654. The fourth-order valence-electron chi connectivity index (χ4n) is 3.32. The van der Waals surface area contributed by atoms with Crippen molar-refractivity contribution in [3.63, 3.8) is 0 Å². The molecule has 1 saturated carbocycles. The third-order valence-corrected chi connectivity index (χ3v) is 5.03. The van der Waals surface area contributed by atoms with Gasteiger partial charge in [0.2, 0.25) is 0 Å². The van der Waals surface area contributed by atoms with E-state index in [1.165, 1.54) is 24.8 Å². The molecule has 0 radical (unpaired) electrons. The quantitative estimate of drug-likeness (QED) is 0.926. The minimum Gasteiger partial charge on any atom is -0.330 e. The van der Waals surface area contributed by atoms with Crippen molar-refractivity contribution in [3.05, 3.63) is 30.1 Å². The molecule has 0 amide bonds. The van der Waals surface area contributed by atoms with Gasteiger partial charge >= 0.3 is 0 Å². The van der Waals surface area contributed by atoms with Gasteiger partial charge in [0.15, 0.2) is 0 Å². The van der Waals surface area contributed by atoms with Crippen LogP contribution in [0.1, 0.15) is 38.9 Å². The number of nitrogens with one attached hydrogen (secondary N) is 1. The summed E-state index contributed by atoms with van der Waals surface area (Å²) < 4.78 is 2.21. The molecular formula is C17H25N3. The van der Waals surface area contributed by atoms with Gasteiger partial charge in [0.05, 0.1) is 17.6 Å². The number of hydrogen-bond donors (Lipinski definition) is 1. The average Bonchev–Trinajstić information content (AvgIpc) is 2.77. The molecule has 3 rings (SSSR count). The third-order valence-electron chi connectivity index (χ3n) is 5.03. The number of fused-ring (bicyclic) bond motifs is 1. The number of nitrogens with zero attached hydrogens (tertiary/aromatic N) is 2. The van der Waals surface area contributed by atoms with E-state index in [-0.39, 0.29) is 0 Å². The molecule has 1 fully saturated rings. The second kappa shape index (κ2) is 5.57. The molecule has 1 aromatic carbocycles. The number of benzene rings is 1. The number of rotatable bonds is 3. The lowest BCUT2D eigenvalue weighted by atomic mass is 9.79. The monoisotopic (exact) mass is 271 g/mol. The highest BCUT2D eigenvalue weighted by molar-refractivity contribution is 5.75. The van der Waals surface area contributed by atoms with Gasteiger partial charge in [-0.3, -0.25) is 0 Å². The zero-order valence-electron chi connectivity index (χ0n) is 12.8. The first-order valence-corrected chi connectivity index (χ1v) is 7.79. The van der Waals surface area contributed by atoms with Crippen LogP contribution in [0.15, 0.2) is 24.3 Å². The first-order chi connectivity index (χ1) is 9.65. The molecule has 1 aliphatic carbocycles. The van der Waals surface area contributed by atoms with E-state index in [0.29, 0.717) is 6.04 Å². The van der Waals surface area contributed by atoms with Crippen molar-refractivity contribution in [1.29, 1.82) is 0 Å². The van der Waals surface area contributed by atoms with Crippen molar-refractivity contribution in [2.75, 3.05) is 0 Å². The molecule has 3 unspecified atom stereocenters. The predicted molar refractivity (Wildman–Crippen MR) is 83.5 cm³/mol. The Kier molecular flexibility index (Phi) is 3.79. The predicted octanol–water partition coefficient (Wildman–Crippen LogP) is 3.49. The summed E-state index contributed by atoms with van der Waals surface area (Å²) in [5.74, 6) is 2.85. The van der Waals surface area contributed by atoms with Gasteiger partial charge in [-0.1, -0.05) is 26.0 Å². The largest absolute Gasteiger partial charge is 0.330 e. The summed E-state index contributed by atoms with van der Waals surface area (Å²) in [6.45, 7) is 5.64. The Labute approximate surface area is 121 Å². The Bertz CT molecular complexity index is 587. The number of para-hydroxylation sites is 2. The summed E-state index contributed by atoms with van der Waals surface area (Å²) in [5.41, 5.74) is 2.31. The summed E-state index contributed by atoms with van der Waals surface area (Å²) in [6, 6.07) is 9.00. The van der Waals surface area contributed by atoms with Crippen LogP contribution in [0.2, 0.25) is 0 Å². The molecule has 3 nitrogen and oxygen atoms in total. The fourth-order valence-corrected chi connectivity index (χ4v) is 3.32. The zero-order chi connectivity index (χ0) is 14.1. The van der Waals surface area contributed by atoms with E-state index in [1.807, 2.05) is 0 Å². The van der Waals surface area contributed by atoms with Crippen LogP contribution in [-0.2, 0) is 13.6 Å². The summed E-state index contributed by atoms with van der Waals surface area (Å²) >= 11 is 0. The van der Waals surface area contributed by atoms with Crippen molar-refractivity contribution < 1.29 is 0 Å². The van der Waals surface area contributed by atoms with Crippen molar-refractivity contribution in [3.8, 4) is 0 Å². The minimum absolute atomic E-state index is 0.654. The van der Waals surface area contributed by atoms with E-state index < -0.39 is 0 Å². The van der Waals surface area contributed by atoms with Gasteiger partial charge in [0.1, 0.15) is 5.82 Å². The second-order valence-electron chi connectivity index (χ2n) is 6.42. The summed E-state index contributed by atoms with van der Waals surface area (Å²) in [7, 11) is 2.11. The molecule has 1 aromatic heterocycles. The lowest BCUT2D eigenvalue weighted by Gasteiger charge is -2.32. The van der Waals surface area contributed by atoms with Crippen LogP contribution in [-0.4, -0.2) is 15.6 Å². The standard InChI is InChI=1S/C17H25N3/c1-12-8-9-14(10-13(12)2)18-11-17-19-15-6-4-5-7-16(15)20(17)3/h4-7,12-14,18H,8-11H2,1-3H3. The molecule has 0 spiro atoms. The van der Waals surface area contributed by atoms with Crippen molar-refractivity contribution >= 4 is 11.0 Å². The van der Waals surface area contributed by atoms with Gasteiger partial charge in [-0.25, -0.2) is 4.98 Å². The Hall–Kier alpha value is -1.35. The van der Waals surface area contributed by atoms with Gasteiger partial charge in [-0.05, 0) is 43.2 Å². The molecule has 3 atom stereocenters. The summed E-state index contributed by atoms with van der Waals surface area (Å²) in [5, 5.41) is 3.71. The van der Waals surface area contributed by atoms with Crippen LogP contribution in [0, 0.1) is 11.8 Å². The zero-order valence-corrected chi connectivity index (χ0v) is 12.8. The highest BCUT2D eigenvalue weighted by Crippen LogP contribution is 2.29. The van der Waals surface area contributed by atoms with Gasteiger partial charge in [0.25, 0.3) is 0 Å². The van der Waals surface area contributed by atoms with E-state index in [4.69, 9.17) is 4.98 Å². The normalized spacial score (nSPS) is 27.1. The second-order valence-corrected chi connectivity index (χ2v) is 6.42. The van der Waals surface area contributed by atoms with Gasteiger partial charge in [0, 0.05) is 13.1 Å². The molecule has 108 valence electrons. The topological polar surface area (TPSA) is 29.9 Å². The van der Waals surface area contributed by atoms with Crippen molar-refractivity contribution in [2.24, 2.45) is 18.9 Å². The van der Waals surface area contributed by atoms with E-state index in [2.05, 4.69) is 55.0 Å². The number of imidazole rings is 1. The maximum atomic E-state index is 4.73. The first-order valence-electron chi connectivity index (χ1n) is 7.79. The van der Waals surface area contributed by atoms with Crippen LogP contribution in [0.3, 0.4) is 0 Å². The van der Waals surface area contributed by atoms with Crippen LogP contribution >= 0.6 is 0 Å². The van der Waals surface area contributed by atoms with Crippen LogP contribution in [0.5, 0.6) is 0 Å². The van der Waals surface area contributed by atoms with Crippen molar-refractivity contribution in [1.82, 2.24) is 14.9 Å². The number of hydrogen-bond acceptors (Lipinski definition) is 2. The molecular weight excluding hydrogens is 246 g/mol. The Morgan fingerprint density at radius 2 is 2.00 bits per heavy atom. The van der Waals surface area contributed by atoms with Gasteiger partial charge in [-0.15, -0.1) is 0 Å². The maximum Gasteiger partial charge on any atom is 0.123 e. The molecule has 0 bridgehead atoms. The molecule has 0 aliphatic heterocycles. The Morgan fingerprint density at radius 3 is 2.75 bits per heavy atom. The van der Waals surface area contributed by atoms with Gasteiger partial charge in [-0.2, -0.15) is 0 Å². The lowest BCUT2D eigenvalue weighted by Crippen LogP contribution is -2.36. The Balaban J connectivity index is 1.67. The van der Waals surface area contributed by atoms with Gasteiger partial charge < -0.3 is 9.88 Å². The third kappa shape index (κ3) is 2.59.